The molecule has 0 aliphatic rings. The molecule has 0 amide bonds. The summed E-state index contributed by atoms with van der Waals surface area (Å²) in [4.78, 5) is 14.3. The van der Waals surface area contributed by atoms with Crippen LogP contribution in [0, 0.1) is 18.3 Å². The van der Waals surface area contributed by atoms with Crippen LogP contribution in [0.1, 0.15) is 30.1 Å². The highest BCUT2D eigenvalue weighted by molar-refractivity contribution is 7.99. The van der Waals surface area contributed by atoms with E-state index in [-0.39, 0.29) is 12.6 Å². The molecule has 0 saturated carbocycles. The third kappa shape index (κ3) is 9.01. The van der Waals surface area contributed by atoms with Gasteiger partial charge in [-0.25, -0.2) is 15.8 Å². The molecule has 5 N–H and O–H groups in total. The fourth-order valence-electron chi connectivity index (χ4n) is 2.74. The van der Waals surface area contributed by atoms with Gasteiger partial charge in [0.25, 0.3) is 0 Å². The van der Waals surface area contributed by atoms with Crippen molar-refractivity contribution in [2.75, 3.05) is 26.8 Å². The maximum atomic E-state index is 9.51. The number of rotatable bonds is 14. The number of nitrogens with two attached hydrogens (primary N) is 2. The van der Waals surface area contributed by atoms with Gasteiger partial charge in [-0.05, 0) is 32.4 Å². The van der Waals surface area contributed by atoms with Crippen LogP contribution in [0.5, 0.6) is 0 Å². The minimum absolute atomic E-state index is 0.227. The van der Waals surface area contributed by atoms with Crippen molar-refractivity contribution in [1.29, 1.82) is 5.26 Å². The Morgan fingerprint density at radius 3 is 2.88 bits per heavy atom. The van der Waals surface area contributed by atoms with E-state index in [0.717, 1.165) is 5.56 Å². The maximum absolute atomic E-state index is 9.51. The average Bonchev–Trinajstić information content (AvgIpc) is 3.24. The number of thioether (sulfide) groups is 1. The Labute approximate surface area is 213 Å². The Hall–Kier alpha value is -1.95. The predicted molar refractivity (Wildman–Crippen MR) is 134 cm³/mol. The highest BCUT2D eigenvalue weighted by atomic mass is 35.5. The van der Waals surface area contributed by atoms with Crippen molar-refractivity contribution in [2.24, 2.45) is 11.6 Å². The summed E-state index contributed by atoms with van der Waals surface area (Å²) in [5.74, 6) is 6.21. The molecule has 13 heteroatoms. The standard InChI is InChI=1S/C21H30ClN7O3S2/c1-5-31-27-9-14(3)32-21(34-18-6-13(2)8-26-16(18)7-23)17(30-4)11-29(25)10-15(24)20-28-19(22)12-33-20/h6,8,10,12,14,17,21,27H,5,9,11,24-25H2,1-4H3/b15-10-/t14?,17-,21?/m0/s1. The van der Waals surface area contributed by atoms with E-state index < -0.39 is 11.5 Å². The van der Waals surface area contributed by atoms with Crippen LogP contribution in [0.15, 0.2) is 28.7 Å². The highest BCUT2D eigenvalue weighted by Crippen LogP contribution is 2.31. The van der Waals surface area contributed by atoms with Crippen LogP contribution in [0.2, 0.25) is 5.15 Å². The van der Waals surface area contributed by atoms with E-state index in [0.29, 0.717) is 39.6 Å². The third-order valence-corrected chi connectivity index (χ3v) is 6.77. The molecule has 0 bridgehead atoms. The lowest BCUT2D eigenvalue weighted by Crippen LogP contribution is -2.43. The largest absolute Gasteiger partial charge is 0.395 e. The summed E-state index contributed by atoms with van der Waals surface area (Å²) in [6.07, 6.45) is 2.51. The number of hydroxylamine groups is 1. The number of aryl methyl sites for hydroxylation is 1. The smallest absolute Gasteiger partial charge is 0.154 e. The number of ether oxygens (including phenoxy) is 2. The van der Waals surface area contributed by atoms with Gasteiger partial charge in [0.1, 0.15) is 27.8 Å². The second-order valence-electron chi connectivity index (χ2n) is 7.22. The van der Waals surface area contributed by atoms with E-state index in [1.54, 1.807) is 24.9 Å². The lowest BCUT2D eigenvalue weighted by molar-refractivity contribution is -0.0622. The van der Waals surface area contributed by atoms with Crippen molar-refractivity contribution < 1.29 is 14.3 Å². The first-order chi connectivity index (χ1) is 16.3. The SMILES string of the molecule is CCONCC(C)OC(Sc1cc(C)cnc1C#N)[C@H](CN(N)/C=C(\N)c1nc(Cl)cs1)OC. The van der Waals surface area contributed by atoms with E-state index in [2.05, 4.69) is 21.5 Å². The van der Waals surface area contributed by atoms with E-state index >= 15 is 0 Å². The fourth-order valence-corrected chi connectivity index (χ4v) is 4.92. The summed E-state index contributed by atoms with van der Waals surface area (Å²) in [5.41, 5.74) is 10.1. The van der Waals surface area contributed by atoms with Crippen LogP contribution in [-0.4, -0.2) is 59.4 Å². The number of hydrogen-bond donors (Lipinski definition) is 3. The van der Waals surface area contributed by atoms with Crippen molar-refractivity contribution in [1.82, 2.24) is 20.5 Å². The normalized spacial score (nSPS) is 14.4. The van der Waals surface area contributed by atoms with Crippen LogP contribution in [-0.2, 0) is 14.3 Å². The van der Waals surface area contributed by atoms with Crippen molar-refractivity contribution in [2.45, 2.75) is 43.3 Å². The summed E-state index contributed by atoms with van der Waals surface area (Å²) >= 11 is 8.56. The minimum atomic E-state index is -0.519. The number of nitrogens with zero attached hydrogens (tertiary/aromatic N) is 4. The van der Waals surface area contributed by atoms with E-state index in [4.69, 9.17) is 37.5 Å². The van der Waals surface area contributed by atoms with E-state index in [9.17, 15) is 5.26 Å². The van der Waals surface area contributed by atoms with Crippen molar-refractivity contribution >= 4 is 40.4 Å². The van der Waals surface area contributed by atoms with Crippen LogP contribution in [0.25, 0.3) is 5.70 Å². The number of nitriles is 1. The molecule has 34 heavy (non-hydrogen) atoms. The van der Waals surface area contributed by atoms with Gasteiger partial charge >= 0.3 is 0 Å². The first-order valence-corrected chi connectivity index (χ1v) is 12.6. The van der Waals surface area contributed by atoms with E-state index in [1.807, 2.05) is 26.8 Å². The quantitative estimate of drug-likeness (QED) is 0.110. The number of hydrogen-bond acceptors (Lipinski definition) is 12. The number of aromatic nitrogens is 2. The molecule has 3 atom stereocenters. The molecule has 0 aromatic carbocycles. The molecule has 2 unspecified atom stereocenters. The van der Waals surface area contributed by atoms with Crippen LogP contribution in [0.4, 0.5) is 0 Å². The van der Waals surface area contributed by atoms with Gasteiger partial charge in [-0.1, -0.05) is 23.4 Å². The molecule has 10 nitrogen and oxygen atoms in total. The molecule has 2 aromatic heterocycles. The van der Waals surface area contributed by atoms with Crippen LogP contribution < -0.4 is 17.1 Å². The zero-order chi connectivity index (χ0) is 25.1. The number of thiazole rings is 1. The Morgan fingerprint density at radius 1 is 1.50 bits per heavy atom. The Balaban J connectivity index is 2.21. The van der Waals surface area contributed by atoms with Gasteiger partial charge in [-0.15, -0.1) is 11.3 Å². The van der Waals surface area contributed by atoms with Gasteiger partial charge in [0.15, 0.2) is 5.69 Å². The second-order valence-corrected chi connectivity index (χ2v) is 9.60. The lowest BCUT2D eigenvalue weighted by atomic mass is 10.3. The zero-order valence-corrected chi connectivity index (χ0v) is 21.9. The molecule has 2 aromatic rings. The summed E-state index contributed by atoms with van der Waals surface area (Å²) in [7, 11) is 1.58. The van der Waals surface area contributed by atoms with Crippen LogP contribution >= 0.6 is 34.7 Å². The summed E-state index contributed by atoms with van der Waals surface area (Å²) in [6.45, 7) is 6.96. The number of methoxy groups -OCH3 is 1. The summed E-state index contributed by atoms with van der Waals surface area (Å²) < 4.78 is 12.0. The van der Waals surface area contributed by atoms with Gasteiger partial charge in [-0.3, -0.25) is 0 Å². The Kier molecular flexibility index (Phi) is 12.0. The van der Waals surface area contributed by atoms with Gasteiger partial charge < -0.3 is 25.1 Å². The summed E-state index contributed by atoms with van der Waals surface area (Å²) in [6, 6.07) is 4.02. The van der Waals surface area contributed by atoms with Crippen LogP contribution in [0.3, 0.4) is 0 Å². The van der Waals surface area contributed by atoms with Crippen molar-refractivity contribution in [3.05, 3.63) is 45.3 Å². The van der Waals surface area contributed by atoms with Crippen molar-refractivity contribution in [3.63, 3.8) is 0 Å². The number of halogens is 1. The first-order valence-electron chi connectivity index (χ1n) is 10.4. The molecule has 0 fully saturated rings. The van der Waals surface area contributed by atoms with Crippen molar-refractivity contribution in [3.8, 4) is 6.07 Å². The minimum Gasteiger partial charge on any atom is -0.395 e. The average molecular weight is 528 g/mol. The van der Waals surface area contributed by atoms with Gasteiger partial charge in [0, 0.05) is 36.3 Å². The molecule has 2 heterocycles. The highest BCUT2D eigenvalue weighted by Gasteiger charge is 2.28. The molecular formula is C21H30ClN7O3S2. The Bertz CT molecular complexity index is 986. The maximum Gasteiger partial charge on any atom is 0.154 e. The lowest BCUT2D eigenvalue weighted by Gasteiger charge is -2.31. The molecule has 0 radical (unpaired) electrons. The molecule has 186 valence electrons. The number of pyridine rings is 1. The Morgan fingerprint density at radius 2 is 2.26 bits per heavy atom. The molecular weight excluding hydrogens is 498 g/mol. The zero-order valence-electron chi connectivity index (χ0n) is 19.5. The molecule has 0 spiro atoms. The molecule has 0 saturated heterocycles. The van der Waals surface area contributed by atoms with Gasteiger partial charge in [0.05, 0.1) is 25.0 Å². The van der Waals surface area contributed by atoms with Gasteiger partial charge in [-0.2, -0.15) is 10.7 Å². The summed E-state index contributed by atoms with van der Waals surface area (Å²) in [5, 5.41) is 13.6. The number of hydrazine groups is 1. The first kappa shape index (κ1) is 28.3. The second kappa shape index (κ2) is 14.4. The molecule has 0 aliphatic heterocycles. The topological polar surface area (TPSA) is 145 Å². The van der Waals surface area contributed by atoms with Gasteiger partial charge in [0.2, 0.25) is 0 Å². The molecule has 0 aliphatic carbocycles. The predicted octanol–water partition coefficient (Wildman–Crippen LogP) is 2.88. The van der Waals surface area contributed by atoms with E-state index in [1.165, 1.54) is 28.1 Å². The number of nitrogens with one attached hydrogen (secondary N) is 1. The third-order valence-electron chi connectivity index (χ3n) is 4.35. The monoisotopic (exact) mass is 527 g/mol. The fraction of sp³-hybridized carbons (Fsp3) is 0.476. The molecule has 2 rings (SSSR count).